The van der Waals surface area contributed by atoms with Crippen molar-refractivity contribution >= 4 is 28.3 Å². The van der Waals surface area contributed by atoms with Gasteiger partial charge in [-0.3, -0.25) is 19.1 Å². The predicted octanol–water partition coefficient (Wildman–Crippen LogP) is 2.67. The molecule has 0 radical (unpaired) electrons. The van der Waals surface area contributed by atoms with Crippen LogP contribution < -0.4 is 21.9 Å². The number of H-pyrrole nitrogens is 2. The van der Waals surface area contributed by atoms with Crippen LogP contribution in [0, 0.1) is 5.82 Å². The molecular formula is C23H22FN5O4. The molecule has 4 N–H and O–H groups in total. The van der Waals surface area contributed by atoms with E-state index in [1.165, 1.54) is 29.9 Å². The summed E-state index contributed by atoms with van der Waals surface area (Å²) in [6, 6.07) is 15.2. The van der Waals surface area contributed by atoms with Crippen LogP contribution in [0.1, 0.15) is 16.1 Å². The Morgan fingerprint density at radius 1 is 1.09 bits per heavy atom. The molecule has 33 heavy (non-hydrogen) atoms. The van der Waals surface area contributed by atoms with Gasteiger partial charge in [0.25, 0.3) is 11.5 Å². The Morgan fingerprint density at radius 3 is 2.61 bits per heavy atom. The quantitative estimate of drug-likeness (QED) is 0.328. The van der Waals surface area contributed by atoms with Crippen LogP contribution in [-0.2, 0) is 17.8 Å². The number of hydrogen-bond acceptors (Lipinski definition) is 5. The van der Waals surface area contributed by atoms with Gasteiger partial charge >= 0.3 is 5.69 Å². The number of benzene rings is 2. The molecule has 0 aliphatic carbocycles. The fraction of sp³-hybridized carbons (Fsp3) is 0.174. The molecule has 0 fully saturated rings. The van der Waals surface area contributed by atoms with Gasteiger partial charge in [0.2, 0.25) is 0 Å². The molecule has 2 aromatic carbocycles. The van der Waals surface area contributed by atoms with E-state index >= 15 is 0 Å². The number of carbonyl (C=O) groups is 1. The van der Waals surface area contributed by atoms with E-state index in [0.717, 1.165) is 5.56 Å². The molecule has 4 rings (SSSR count). The molecular weight excluding hydrogens is 429 g/mol. The maximum atomic E-state index is 14.1. The number of methoxy groups -OCH3 is 1. The lowest BCUT2D eigenvalue weighted by molar-refractivity contribution is 0.102. The van der Waals surface area contributed by atoms with Crippen LogP contribution >= 0.6 is 0 Å². The third-order valence-corrected chi connectivity index (χ3v) is 5.12. The highest BCUT2D eigenvalue weighted by Crippen LogP contribution is 2.21. The van der Waals surface area contributed by atoms with Crippen LogP contribution in [0.25, 0.3) is 10.9 Å². The van der Waals surface area contributed by atoms with Crippen molar-refractivity contribution < 1.29 is 13.9 Å². The number of rotatable bonds is 8. The summed E-state index contributed by atoms with van der Waals surface area (Å²) in [5.41, 5.74) is 0.0726. The minimum Gasteiger partial charge on any atom is -0.383 e. The molecule has 0 spiro atoms. The molecule has 0 unspecified atom stereocenters. The predicted molar refractivity (Wildman–Crippen MR) is 123 cm³/mol. The summed E-state index contributed by atoms with van der Waals surface area (Å²) >= 11 is 0. The van der Waals surface area contributed by atoms with Crippen molar-refractivity contribution in [2.24, 2.45) is 0 Å². The van der Waals surface area contributed by atoms with Crippen LogP contribution in [0.2, 0.25) is 0 Å². The van der Waals surface area contributed by atoms with Gasteiger partial charge in [0, 0.05) is 24.6 Å². The lowest BCUT2D eigenvalue weighted by atomic mass is 10.2. The van der Waals surface area contributed by atoms with Crippen LogP contribution in [0.3, 0.4) is 0 Å². The summed E-state index contributed by atoms with van der Waals surface area (Å²) < 4.78 is 20.3. The molecule has 0 bridgehead atoms. The topological polar surface area (TPSA) is 121 Å². The summed E-state index contributed by atoms with van der Waals surface area (Å²) in [4.78, 5) is 43.3. The number of carbonyl (C=O) groups excluding carboxylic acids is 1. The second-order valence-corrected chi connectivity index (χ2v) is 7.30. The van der Waals surface area contributed by atoms with Gasteiger partial charge in [0.15, 0.2) is 0 Å². The first-order chi connectivity index (χ1) is 16.0. The zero-order chi connectivity index (χ0) is 23.4. The molecule has 2 aromatic heterocycles. The van der Waals surface area contributed by atoms with Gasteiger partial charge in [0.1, 0.15) is 23.0 Å². The van der Waals surface area contributed by atoms with Crippen molar-refractivity contribution in [2.75, 3.05) is 24.4 Å². The van der Waals surface area contributed by atoms with Crippen molar-refractivity contribution in [1.82, 2.24) is 14.5 Å². The minimum absolute atomic E-state index is 0.0131. The number of aromatic nitrogens is 3. The van der Waals surface area contributed by atoms with Gasteiger partial charge in [-0.25, -0.2) is 9.18 Å². The molecule has 0 saturated carbocycles. The van der Waals surface area contributed by atoms with E-state index in [-0.39, 0.29) is 42.3 Å². The van der Waals surface area contributed by atoms with E-state index in [4.69, 9.17) is 4.74 Å². The van der Waals surface area contributed by atoms with E-state index in [1.807, 2.05) is 30.3 Å². The molecule has 2 heterocycles. The molecule has 4 aromatic rings. The maximum Gasteiger partial charge on any atom is 0.330 e. The minimum atomic E-state index is -0.694. The Hall–Kier alpha value is -4.18. The Bertz CT molecular complexity index is 1410. The number of halogens is 1. The largest absolute Gasteiger partial charge is 0.383 e. The lowest BCUT2D eigenvalue weighted by Crippen LogP contribution is -2.36. The van der Waals surface area contributed by atoms with Crippen molar-refractivity contribution in [3.63, 3.8) is 0 Å². The average Bonchev–Trinajstić information content (AvgIpc) is 3.25. The molecule has 0 atom stereocenters. The summed E-state index contributed by atoms with van der Waals surface area (Å²) in [7, 11) is 1.47. The number of ether oxygens (including phenoxy) is 1. The maximum absolute atomic E-state index is 14.1. The fourth-order valence-electron chi connectivity index (χ4n) is 3.46. The number of nitrogens with one attached hydrogen (secondary N) is 4. The first kappa shape index (κ1) is 22.0. The summed E-state index contributed by atoms with van der Waals surface area (Å²) in [6.45, 7) is 0.542. The van der Waals surface area contributed by atoms with E-state index in [0.29, 0.717) is 5.52 Å². The third-order valence-electron chi connectivity index (χ3n) is 5.12. The molecule has 10 heteroatoms. The fourth-order valence-corrected chi connectivity index (χ4v) is 3.46. The van der Waals surface area contributed by atoms with Gasteiger partial charge in [-0.2, -0.15) is 0 Å². The highest BCUT2D eigenvalue weighted by atomic mass is 19.1. The van der Waals surface area contributed by atoms with Gasteiger partial charge in [-0.1, -0.05) is 36.4 Å². The van der Waals surface area contributed by atoms with E-state index in [1.54, 1.807) is 6.07 Å². The Kier molecular flexibility index (Phi) is 6.36. The van der Waals surface area contributed by atoms with E-state index < -0.39 is 23.0 Å². The van der Waals surface area contributed by atoms with Crippen molar-refractivity contribution in [3.8, 4) is 0 Å². The van der Waals surface area contributed by atoms with Crippen LogP contribution in [0.4, 0.5) is 15.9 Å². The Labute approximate surface area is 187 Å². The molecule has 1 amide bonds. The molecule has 0 aliphatic rings. The van der Waals surface area contributed by atoms with Crippen LogP contribution in [0.15, 0.2) is 64.2 Å². The van der Waals surface area contributed by atoms with Crippen molar-refractivity contribution in [3.05, 3.63) is 92.5 Å². The number of nitrogens with zero attached hydrogens (tertiary/aromatic N) is 1. The van der Waals surface area contributed by atoms with E-state index in [9.17, 15) is 18.8 Å². The Balaban J connectivity index is 1.72. The molecule has 0 aliphatic heterocycles. The number of aromatic amines is 2. The number of hydrogen-bond donors (Lipinski definition) is 4. The van der Waals surface area contributed by atoms with Gasteiger partial charge in [-0.05, 0) is 23.8 Å². The highest BCUT2D eigenvalue weighted by molar-refractivity contribution is 6.06. The lowest BCUT2D eigenvalue weighted by Gasteiger charge is -2.17. The zero-order valence-electron chi connectivity index (χ0n) is 17.8. The van der Waals surface area contributed by atoms with Gasteiger partial charge in [-0.15, -0.1) is 0 Å². The Morgan fingerprint density at radius 2 is 1.88 bits per heavy atom. The van der Waals surface area contributed by atoms with Crippen molar-refractivity contribution in [1.29, 1.82) is 0 Å². The smallest absolute Gasteiger partial charge is 0.330 e. The second-order valence-electron chi connectivity index (χ2n) is 7.30. The first-order valence-corrected chi connectivity index (χ1v) is 10.2. The zero-order valence-corrected chi connectivity index (χ0v) is 17.8. The highest BCUT2D eigenvalue weighted by Gasteiger charge is 2.20. The van der Waals surface area contributed by atoms with Crippen molar-refractivity contribution in [2.45, 2.75) is 13.1 Å². The van der Waals surface area contributed by atoms with Gasteiger partial charge in [0.05, 0.1) is 13.2 Å². The summed E-state index contributed by atoms with van der Waals surface area (Å²) in [6.07, 6.45) is 0. The summed E-state index contributed by atoms with van der Waals surface area (Å²) in [5.74, 6) is -1.12. The standard InChI is InChI=1S/C23H22FN5O4/c1-33-11-10-29-20(27-21(30)18-12-15-16(24)8-5-9-17(15)26-18)19(22(31)28-23(29)32)25-13-14-6-3-2-4-7-14/h2-9,12,25-26H,10-11,13H2,1H3,(H,27,30)(H,28,31,32). The SMILES string of the molecule is COCCn1c(NC(=O)c2cc3c(F)cccc3[nH]2)c(NCc2ccccc2)c(=O)[nH]c1=O. The number of amides is 1. The second kappa shape index (κ2) is 9.53. The summed E-state index contributed by atoms with van der Waals surface area (Å²) in [5, 5.41) is 5.90. The van der Waals surface area contributed by atoms with Gasteiger partial charge < -0.3 is 20.4 Å². The monoisotopic (exact) mass is 451 g/mol. The van der Waals surface area contributed by atoms with Crippen LogP contribution in [-0.4, -0.2) is 34.2 Å². The molecule has 0 saturated heterocycles. The average molecular weight is 451 g/mol. The third kappa shape index (κ3) is 4.70. The normalized spacial score (nSPS) is 11.0. The van der Waals surface area contributed by atoms with E-state index in [2.05, 4.69) is 20.6 Å². The number of anilines is 2. The van der Waals surface area contributed by atoms with Crippen LogP contribution in [0.5, 0.6) is 0 Å². The first-order valence-electron chi connectivity index (χ1n) is 10.2. The molecule has 9 nitrogen and oxygen atoms in total. The number of fused-ring (bicyclic) bond motifs is 1. The molecule has 170 valence electrons.